The Labute approximate surface area is 295 Å². The van der Waals surface area contributed by atoms with E-state index in [0.29, 0.717) is 0 Å². The number of hydrogen-bond acceptors (Lipinski definition) is 0. The van der Waals surface area contributed by atoms with E-state index < -0.39 is 0 Å². The van der Waals surface area contributed by atoms with Crippen LogP contribution in [0.15, 0.2) is 133 Å². The van der Waals surface area contributed by atoms with Gasteiger partial charge in [0.15, 0.2) is 0 Å². The van der Waals surface area contributed by atoms with Gasteiger partial charge in [-0.3, -0.25) is 0 Å². The summed E-state index contributed by atoms with van der Waals surface area (Å²) in [6.07, 6.45) is 0. The molecular formula is C50H40. The topological polar surface area (TPSA) is 0 Å². The van der Waals surface area contributed by atoms with Crippen LogP contribution in [0.25, 0.3) is 76.8 Å². The van der Waals surface area contributed by atoms with Gasteiger partial charge in [-0.2, -0.15) is 0 Å². The molecule has 0 heterocycles. The third-order valence-corrected chi connectivity index (χ3v) is 12.1. The summed E-state index contributed by atoms with van der Waals surface area (Å²) in [6.45, 7) is 14.1. The van der Waals surface area contributed by atoms with Crippen molar-refractivity contribution < 1.29 is 0 Å². The predicted octanol–water partition coefficient (Wildman–Crippen LogP) is 13.7. The minimum Gasteiger partial charge on any atom is -0.0622 e. The summed E-state index contributed by atoms with van der Waals surface area (Å²) in [5.41, 5.74) is 18.8. The van der Waals surface area contributed by atoms with Gasteiger partial charge in [-0.25, -0.2) is 0 Å². The smallest absolute Gasteiger partial charge is 0.0159 e. The summed E-state index contributed by atoms with van der Waals surface area (Å²) in [4.78, 5) is 0. The first-order chi connectivity index (χ1) is 24.2. The third-order valence-electron chi connectivity index (χ3n) is 12.1. The molecule has 0 atom stereocenters. The average molecular weight is 641 g/mol. The number of benzene rings is 8. The first kappa shape index (κ1) is 29.5. The number of aryl methyl sites for hydroxylation is 2. The molecular weight excluding hydrogens is 601 g/mol. The van der Waals surface area contributed by atoms with Gasteiger partial charge in [0.25, 0.3) is 0 Å². The zero-order valence-corrected chi connectivity index (χ0v) is 29.7. The summed E-state index contributed by atoms with van der Waals surface area (Å²) in [5.74, 6) is 0. The lowest BCUT2D eigenvalue weighted by Crippen LogP contribution is -2.15. The van der Waals surface area contributed by atoms with E-state index in [2.05, 4.69) is 175 Å². The van der Waals surface area contributed by atoms with Crippen molar-refractivity contribution in [2.24, 2.45) is 0 Å². The Morgan fingerprint density at radius 2 is 0.840 bits per heavy atom. The van der Waals surface area contributed by atoms with Gasteiger partial charge in [0.1, 0.15) is 0 Å². The van der Waals surface area contributed by atoms with Crippen LogP contribution in [0.1, 0.15) is 61.1 Å². The van der Waals surface area contributed by atoms with Gasteiger partial charge in [0, 0.05) is 10.8 Å². The average Bonchev–Trinajstić information content (AvgIpc) is 3.50. The molecule has 0 unspecified atom stereocenters. The van der Waals surface area contributed by atoms with E-state index in [1.165, 1.54) is 110 Å². The molecule has 50 heavy (non-hydrogen) atoms. The predicted molar refractivity (Wildman–Crippen MR) is 214 cm³/mol. The van der Waals surface area contributed by atoms with Crippen LogP contribution in [0.2, 0.25) is 0 Å². The van der Waals surface area contributed by atoms with E-state index in [-0.39, 0.29) is 10.8 Å². The van der Waals surface area contributed by atoms with Crippen LogP contribution in [0.4, 0.5) is 0 Å². The minimum absolute atomic E-state index is 0.0813. The van der Waals surface area contributed by atoms with Crippen molar-refractivity contribution in [2.75, 3.05) is 0 Å². The van der Waals surface area contributed by atoms with Crippen molar-refractivity contribution in [1.82, 2.24) is 0 Å². The van der Waals surface area contributed by atoms with Crippen molar-refractivity contribution in [3.8, 4) is 44.5 Å². The van der Waals surface area contributed by atoms with Crippen LogP contribution < -0.4 is 0 Å². The Morgan fingerprint density at radius 3 is 1.48 bits per heavy atom. The van der Waals surface area contributed by atoms with E-state index in [1.807, 2.05) is 0 Å². The zero-order chi connectivity index (χ0) is 34.1. The van der Waals surface area contributed by atoms with E-state index >= 15 is 0 Å². The van der Waals surface area contributed by atoms with Crippen molar-refractivity contribution in [3.63, 3.8) is 0 Å². The molecule has 0 nitrogen and oxygen atoms in total. The molecule has 0 radical (unpaired) electrons. The highest BCUT2D eigenvalue weighted by molar-refractivity contribution is 6.26. The standard InChI is InChI=1S/C50H40/c1-29-21-23-33-37(26-29)44(31-14-8-7-9-15-31)32-22-20-30(2)27-38(32)45(33)39-28-43-47(36-17-11-13-19-41(36)50(43,5)6)48-34(39)24-25-42-46(48)35-16-10-12-18-40(35)49(42,3)4/h7-28H,1-6H3. The molecule has 0 saturated carbocycles. The maximum absolute atomic E-state index is 2.58. The maximum Gasteiger partial charge on any atom is 0.0159 e. The van der Waals surface area contributed by atoms with E-state index in [1.54, 1.807) is 0 Å². The molecule has 0 N–H and O–H groups in total. The number of rotatable bonds is 2. The Morgan fingerprint density at radius 1 is 0.340 bits per heavy atom. The molecule has 2 aliphatic carbocycles. The van der Waals surface area contributed by atoms with Crippen molar-refractivity contribution in [1.29, 1.82) is 0 Å². The monoisotopic (exact) mass is 640 g/mol. The van der Waals surface area contributed by atoms with Crippen LogP contribution in [-0.4, -0.2) is 0 Å². The molecule has 0 fully saturated rings. The lowest BCUT2D eigenvalue weighted by Gasteiger charge is -2.26. The van der Waals surface area contributed by atoms with Gasteiger partial charge in [-0.05, 0) is 119 Å². The molecule has 0 heteroatoms. The normalized spacial score (nSPS) is 14.9. The molecule has 0 bridgehead atoms. The Balaban J connectivity index is 1.45. The summed E-state index contributed by atoms with van der Waals surface area (Å²) >= 11 is 0. The van der Waals surface area contributed by atoms with Crippen molar-refractivity contribution in [2.45, 2.75) is 52.4 Å². The second-order valence-corrected chi connectivity index (χ2v) is 15.8. The van der Waals surface area contributed by atoms with Crippen LogP contribution >= 0.6 is 0 Å². The highest BCUT2D eigenvalue weighted by atomic mass is 14.4. The molecule has 2 aliphatic rings. The van der Waals surface area contributed by atoms with Crippen molar-refractivity contribution >= 4 is 32.3 Å². The van der Waals surface area contributed by atoms with Crippen LogP contribution in [0.5, 0.6) is 0 Å². The second-order valence-electron chi connectivity index (χ2n) is 15.8. The lowest BCUT2D eigenvalue weighted by molar-refractivity contribution is 0.660. The van der Waals surface area contributed by atoms with E-state index in [9.17, 15) is 0 Å². The van der Waals surface area contributed by atoms with Gasteiger partial charge in [0.05, 0.1) is 0 Å². The fourth-order valence-electron chi connectivity index (χ4n) is 9.74. The molecule has 0 saturated heterocycles. The first-order valence-corrected chi connectivity index (χ1v) is 18.0. The minimum atomic E-state index is -0.146. The van der Waals surface area contributed by atoms with Crippen molar-refractivity contribution in [3.05, 3.63) is 167 Å². The van der Waals surface area contributed by atoms with Gasteiger partial charge in [-0.1, -0.05) is 166 Å². The van der Waals surface area contributed by atoms with E-state index in [4.69, 9.17) is 0 Å². The molecule has 0 aromatic heterocycles. The third kappa shape index (κ3) is 3.77. The number of hydrogen-bond donors (Lipinski definition) is 0. The first-order valence-electron chi connectivity index (χ1n) is 18.0. The van der Waals surface area contributed by atoms with Gasteiger partial charge >= 0.3 is 0 Å². The molecule has 8 aromatic rings. The van der Waals surface area contributed by atoms with E-state index in [0.717, 1.165) is 0 Å². The molecule has 0 spiro atoms. The van der Waals surface area contributed by atoms with Crippen LogP contribution in [-0.2, 0) is 10.8 Å². The molecule has 10 rings (SSSR count). The molecule has 8 aromatic carbocycles. The number of fused-ring (bicyclic) bond motifs is 11. The maximum atomic E-state index is 2.58. The Kier molecular flexibility index (Phi) is 5.92. The fraction of sp³-hybridized carbons (Fsp3) is 0.160. The fourth-order valence-corrected chi connectivity index (χ4v) is 9.74. The van der Waals surface area contributed by atoms with Crippen LogP contribution in [0.3, 0.4) is 0 Å². The summed E-state index contributed by atoms with van der Waals surface area (Å²) in [6, 6.07) is 50.9. The van der Waals surface area contributed by atoms with Gasteiger partial charge in [0.2, 0.25) is 0 Å². The zero-order valence-electron chi connectivity index (χ0n) is 29.7. The lowest BCUT2D eigenvalue weighted by atomic mass is 9.77. The summed E-state index contributed by atoms with van der Waals surface area (Å²) in [5, 5.41) is 7.98. The Hall–Kier alpha value is -5.46. The highest BCUT2D eigenvalue weighted by Gasteiger charge is 2.41. The highest BCUT2D eigenvalue weighted by Crippen LogP contribution is 2.60. The Bertz CT molecular complexity index is 2740. The van der Waals surface area contributed by atoms with Gasteiger partial charge in [-0.15, -0.1) is 0 Å². The summed E-state index contributed by atoms with van der Waals surface area (Å²) < 4.78 is 0. The molecule has 240 valence electrons. The van der Waals surface area contributed by atoms with Gasteiger partial charge < -0.3 is 0 Å². The second kappa shape index (κ2) is 10.1. The largest absolute Gasteiger partial charge is 0.0622 e. The summed E-state index contributed by atoms with van der Waals surface area (Å²) in [7, 11) is 0. The molecule has 0 aliphatic heterocycles. The molecule has 0 amide bonds. The van der Waals surface area contributed by atoms with Crippen LogP contribution in [0, 0.1) is 13.8 Å². The quantitative estimate of drug-likeness (QED) is 0.165. The SMILES string of the molecule is Cc1ccc2c(-c3cc4c(c5c6c(ccc35)C(C)(C)c3ccccc3-6)-c3ccccc3C4(C)C)c3cc(C)ccc3c(-c3ccccc3)c2c1.